The number of nitrogens with one attached hydrogen (secondary N) is 1. The predicted octanol–water partition coefficient (Wildman–Crippen LogP) is 1.60. The van der Waals surface area contributed by atoms with Crippen molar-refractivity contribution in [2.75, 3.05) is 7.05 Å². The van der Waals surface area contributed by atoms with Gasteiger partial charge in [-0.25, -0.2) is 5.84 Å². The zero-order valence-corrected chi connectivity index (χ0v) is 10.9. The predicted molar refractivity (Wildman–Crippen MR) is 67.2 cm³/mol. The zero-order chi connectivity index (χ0) is 12.1. The number of hydrogen-bond donors (Lipinski definition) is 2. The minimum absolute atomic E-state index is 0.143. The number of nitrogens with two attached hydrogens (primary N) is 1. The third-order valence-electron chi connectivity index (χ3n) is 2.43. The third-order valence-corrected chi connectivity index (χ3v) is 3.64. The molecule has 1 unspecified atom stereocenters. The monoisotopic (exact) mass is 261 g/mol. The van der Waals surface area contributed by atoms with Crippen molar-refractivity contribution < 1.29 is 4.79 Å². The number of carbonyl (C=O) groups excluding carboxylic acids is 1. The lowest BCUT2D eigenvalue weighted by molar-refractivity contribution is -0.122. The molecule has 0 aliphatic carbocycles. The van der Waals surface area contributed by atoms with E-state index < -0.39 is 0 Å². The lowest BCUT2D eigenvalue weighted by Gasteiger charge is -2.23. The van der Waals surface area contributed by atoms with Crippen molar-refractivity contribution >= 4 is 28.8 Å². The van der Waals surface area contributed by atoms with Crippen molar-refractivity contribution in [2.24, 2.45) is 5.84 Å². The minimum atomic E-state index is -0.149. The minimum Gasteiger partial charge on any atom is -0.298 e. The SMILES string of the molecule is CC(CC(=O)NN)N(C)Cc1ccc(Cl)s1. The van der Waals surface area contributed by atoms with Gasteiger partial charge in [0.05, 0.1) is 4.34 Å². The van der Waals surface area contributed by atoms with Crippen molar-refractivity contribution in [3.63, 3.8) is 0 Å². The van der Waals surface area contributed by atoms with E-state index in [1.54, 1.807) is 11.3 Å². The molecule has 1 aromatic rings. The molecule has 0 bridgehead atoms. The molecule has 0 spiro atoms. The van der Waals surface area contributed by atoms with Crippen LogP contribution in [0.4, 0.5) is 0 Å². The van der Waals surface area contributed by atoms with Gasteiger partial charge in [0, 0.05) is 23.9 Å². The Morgan fingerprint density at radius 1 is 1.69 bits per heavy atom. The maximum atomic E-state index is 11.1. The smallest absolute Gasteiger partial charge is 0.235 e. The van der Waals surface area contributed by atoms with E-state index in [1.165, 1.54) is 4.88 Å². The Hall–Kier alpha value is -0.620. The van der Waals surface area contributed by atoms with Gasteiger partial charge in [0.2, 0.25) is 5.91 Å². The van der Waals surface area contributed by atoms with Crippen LogP contribution in [0.2, 0.25) is 4.34 Å². The molecule has 0 fully saturated rings. The van der Waals surface area contributed by atoms with Crippen molar-refractivity contribution in [1.82, 2.24) is 10.3 Å². The van der Waals surface area contributed by atoms with E-state index in [4.69, 9.17) is 17.4 Å². The van der Waals surface area contributed by atoms with Gasteiger partial charge in [0.1, 0.15) is 0 Å². The molecule has 0 aromatic carbocycles. The molecule has 1 amide bonds. The van der Waals surface area contributed by atoms with Gasteiger partial charge < -0.3 is 0 Å². The van der Waals surface area contributed by atoms with Crippen LogP contribution in [-0.2, 0) is 11.3 Å². The van der Waals surface area contributed by atoms with Gasteiger partial charge in [-0.05, 0) is 26.1 Å². The van der Waals surface area contributed by atoms with E-state index in [2.05, 4.69) is 10.3 Å². The summed E-state index contributed by atoms with van der Waals surface area (Å²) in [5.74, 6) is 4.89. The third kappa shape index (κ3) is 4.09. The van der Waals surface area contributed by atoms with E-state index in [0.29, 0.717) is 6.42 Å². The molecule has 0 saturated carbocycles. The summed E-state index contributed by atoms with van der Waals surface area (Å²) >= 11 is 7.41. The molecule has 1 aromatic heterocycles. The van der Waals surface area contributed by atoms with E-state index in [9.17, 15) is 4.79 Å². The number of rotatable bonds is 5. The Balaban J connectivity index is 2.45. The number of nitrogens with zero attached hydrogens (tertiary/aromatic N) is 1. The second-order valence-electron chi connectivity index (χ2n) is 3.74. The average Bonchev–Trinajstić information content (AvgIpc) is 2.63. The van der Waals surface area contributed by atoms with Crippen LogP contribution < -0.4 is 11.3 Å². The molecule has 1 heterocycles. The Bertz CT molecular complexity index is 356. The summed E-state index contributed by atoms with van der Waals surface area (Å²) in [5, 5.41) is 0. The number of hydrogen-bond acceptors (Lipinski definition) is 4. The van der Waals surface area contributed by atoms with Gasteiger partial charge in [-0.3, -0.25) is 15.1 Å². The van der Waals surface area contributed by atoms with Gasteiger partial charge in [0.15, 0.2) is 0 Å². The molecule has 1 atom stereocenters. The van der Waals surface area contributed by atoms with Crippen LogP contribution in [0, 0.1) is 0 Å². The molecule has 0 aliphatic rings. The number of hydrazine groups is 1. The van der Waals surface area contributed by atoms with Gasteiger partial charge in [0.25, 0.3) is 0 Å². The van der Waals surface area contributed by atoms with Crippen LogP contribution in [0.5, 0.6) is 0 Å². The van der Waals surface area contributed by atoms with Crippen LogP contribution in [0.3, 0.4) is 0 Å². The molecule has 0 saturated heterocycles. The standard InChI is InChI=1S/C10H16ClN3OS/c1-7(5-10(15)13-12)14(2)6-8-3-4-9(11)16-8/h3-4,7H,5-6,12H2,1-2H3,(H,13,15). The summed E-state index contributed by atoms with van der Waals surface area (Å²) in [4.78, 5) is 14.4. The number of amides is 1. The topological polar surface area (TPSA) is 58.4 Å². The second-order valence-corrected chi connectivity index (χ2v) is 5.54. The fraction of sp³-hybridized carbons (Fsp3) is 0.500. The number of carbonyl (C=O) groups is 1. The van der Waals surface area contributed by atoms with Crippen molar-refractivity contribution in [1.29, 1.82) is 0 Å². The van der Waals surface area contributed by atoms with E-state index in [0.717, 1.165) is 10.9 Å². The molecule has 90 valence electrons. The van der Waals surface area contributed by atoms with Gasteiger partial charge in [-0.1, -0.05) is 11.6 Å². The van der Waals surface area contributed by atoms with Crippen molar-refractivity contribution in [3.8, 4) is 0 Å². The van der Waals surface area contributed by atoms with Crippen LogP contribution >= 0.6 is 22.9 Å². The Morgan fingerprint density at radius 3 is 2.88 bits per heavy atom. The van der Waals surface area contributed by atoms with Crippen LogP contribution in [-0.4, -0.2) is 23.9 Å². The largest absolute Gasteiger partial charge is 0.298 e. The fourth-order valence-electron chi connectivity index (χ4n) is 1.32. The van der Waals surface area contributed by atoms with Crippen molar-refractivity contribution in [3.05, 3.63) is 21.3 Å². The van der Waals surface area contributed by atoms with E-state index in [-0.39, 0.29) is 11.9 Å². The molecule has 16 heavy (non-hydrogen) atoms. The molecular weight excluding hydrogens is 246 g/mol. The van der Waals surface area contributed by atoms with Gasteiger partial charge in [-0.2, -0.15) is 0 Å². The first-order valence-electron chi connectivity index (χ1n) is 4.97. The van der Waals surface area contributed by atoms with Gasteiger partial charge in [-0.15, -0.1) is 11.3 Å². The molecule has 1 rings (SSSR count). The quantitative estimate of drug-likeness (QED) is 0.481. The lowest BCUT2D eigenvalue weighted by atomic mass is 10.2. The maximum Gasteiger partial charge on any atom is 0.235 e. The Morgan fingerprint density at radius 2 is 2.38 bits per heavy atom. The van der Waals surface area contributed by atoms with E-state index in [1.807, 2.05) is 26.1 Å². The van der Waals surface area contributed by atoms with Gasteiger partial charge >= 0.3 is 0 Å². The lowest BCUT2D eigenvalue weighted by Crippen LogP contribution is -2.37. The summed E-state index contributed by atoms with van der Waals surface area (Å²) in [7, 11) is 1.97. The highest BCUT2D eigenvalue weighted by atomic mass is 35.5. The molecular formula is C10H16ClN3OS. The first kappa shape index (κ1) is 13.4. The normalized spacial score (nSPS) is 12.8. The van der Waals surface area contributed by atoms with Crippen LogP contribution in [0.1, 0.15) is 18.2 Å². The summed E-state index contributed by atoms with van der Waals surface area (Å²) in [6, 6.07) is 4.02. The Kier molecular flexibility index (Phi) is 5.21. The number of thiophene rings is 1. The second kappa shape index (κ2) is 6.20. The molecule has 4 nitrogen and oxygen atoms in total. The molecule has 6 heteroatoms. The molecule has 3 N–H and O–H groups in total. The maximum absolute atomic E-state index is 11.1. The first-order chi connectivity index (χ1) is 7.52. The van der Waals surface area contributed by atoms with Crippen molar-refractivity contribution in [2.45, 2.75) is 25.9 Å². The summed E-state index contributed by atoms with van der Waals surface area (Å²) in [6.45, 7) is 2.78. The molecule has 0 radical (unpaired) electrons. The molecule has 0 aliphatic heterocycles. The zero-order valence-electron chi connectivity index (χ0n) is 9.37. The number of halogens is 1. The first-order valence-corrected chi connectivity index (χ1v) is 6.16. The van der Waals surface area contributed by atoms with E-state index >= 15 is 0 Å². The average molecular weight is 262 g/mol. The fourth-order valence-corrected chi connectivity index (χ4v) is 2.47. The summed E-state index contributed by atoms with van der Waals surface area (Å²) in [6.07, 6.45) is 0.395. The van der Waals surface area contributed by atoms with Crippen LogP contribution in [0.25, 0.3) is 0 Å². The Labute approximate surface area is 104 Å². The highest BCUT2D eigenvalue weighted by Crippen LogP contribution is 2.23. The highest BCUT2D eigenvalue weighted by molar-refractivity contribution is 7.16. The highest BCUT2D eigenvalue weighted by Gasteiger charge is 2.14. The summed E-state index contributed by atoms with van der Waals surface area (Å²) in [5.41, 5.74) is 2.13. The summed E-state index contributed by atoms with van der Waals surface area (Å²) < 4.78 is 0.788. The van der Waals surface area contributed by atoms with Crippen LogP contribution in [0.15, 0.2) is 12.1 Å².